The van der Waals surface area contributed by atoms with E-state index in [2.05, 4.69) is 29.1 Å². The van der Waals surface area contributed by atoms with Crippen LogP contribution in [0.5, 0.6) is 5.75 Å². The van der Waals surface area contributed by atoms with E-state index in [4.69, 9.17) is 28.4 Å². The fourth-order valence-corrected chi connectivity index (χ4v) is 5.56. The quantitative estimate of drug-likeness (QED) is 0.0796. The molecule has 0 aromatic heterocycles. The van der Waals surface area contributed by atoms with Gasteiger partial charge in [-0.15, -0.1) is 0 Å². The van der Waals surface area contributed by atoms with Crippen LogP contribution < -0.4 is 20.7 Å². The van der Waals surface area contributed by atoms with Gasteiger partial charge in [0.2, 0.25) is 0 Å². The van der Waals surface area contributed by atoms with Crippen LogP contribution >= 0.6 is 0 Å². The molecule has 0 radical (unpaired) electrons. The third-order valence-corrected chi connectivity index (χ3v) is 8.61. The van der Waals surface area contributed by atoms with E-state index in [1.54, 1.807) is 93.7 Å². The van der Waals surface area contributed by atoms with Gasteiger partial charge < -0.3 is 33.7 Å². The highest BCUT2D eigenvalue weighted by atomic mass is 16.6. The van der Waals surface area contributed by atoms with Crippen molar-refractivity contribution < 1.29 is 52.4 Å². The predicted octanol–water partition coefficient (Wildman–Crippen LogP) is 10.3. The number of carbonyl (C=O) groups excluding carboxylic acids is 5. The SMILES string of the molecule is C=C(C(=O)OCC)C(OC(C)=O)c1ccc(C)c(NC(=O)OC(C)(C)C)c1.C=C(C(=O)OCC)[C@@H](Nc1cc(C)c(C)c(OC)c1)c1ccc(C)c(NC(=O)OC(C)(C)C)c1. The molecule has 3 rings (SSSR count). The van der Waals surface area contributed by atoms with Crippen molar-refractivity contribution in [2.75, 3.05) is 36.3 Å². The Bertz CT molecular complexity index is 2090. The van der Waals surface area contributed by atoms with Crippen molar-refractivity contribution in [3.8, 4) is 5.75 Å². The normalized spacial score (nSPS) is 11.9. The van der Waals surface area contributed by atoms with Crippen molar-refractivity contribution in [2.24, 2.45) is 0 Å². The molecule has 0 aliphatic carbocycles. The number of ether oxygens (including phenoxy) is 6. The molecule has 0 saturated carbocycles. The molecule has 0 heterocycles. The Morgan fingerprint density at radius 2 is 1.11 bits per heavy atom. The maximum Gasteiger partial charge on any atom is 0.412 e. The Balaban J connectivity index is 0.000000432. The molecule has 0 aliphatic heterocycles. The zero-order chi connectivity index (χ0) is 46.4. The van der Waals surface area contributed by atoms with Gasteiger partial charge in [-0.25, -0.2) is 19.2 Å². The van der Waals surface area contributed by atoms with Crippen LogP contribution in [0.3, 0.4) is 0 Å². The smallest absolute Gasteiger partial charge is 0.412 e. The molecule has 1 unspecified atom stereocenters. The number of anilines is 3. The average molecular weight is 846 g/mol. The second-order valence-electron chi connectivity index (χ2n) is 16.1. The topological polar surface area (TPSA) is 177 Å². The highest BCUT2D eigenvalue weighted by Gasteiger charge is 2.27. The van der Waals surface area contributed by atoms with Gasteiger partial charge in [-0.1, -0.05) is 37.4 Å². The Morgan fingerprint density at radius 1 is 0.656 bits per heavy atom. The molecular weight excluding hydrogens is 783 g/mol. The minimum Gasteiger partial charge on any atom is -0.496 e. The molecular formula is C47H63N3O11. The summed E-state index contributed by atoms with van der Waals surface area (Å²) >= 11 is 0. The number of hydrogen-bond donors (Lipinski definition) is 3. The summed E-state index contributed by atoms with van der Waals surface area (Å²) in [6, 6.07) is 13.8. The lowest BCUT2D eigenvalue weighted by molar-refractivity contribution is -0.148. The molecule has 0 spiro atoms. The second-order valence-corrected chi connectivity index (χ2v) is 16.1. The lowest BCUT2D eigenvalue weighted by atomic mass is 9.96. The summed E-state index contributed by atoms with van der Waals surface area (Å²) in [6.07, 6.45) is -2.20. The lowest BCUT2D eigenvalue weighted by Gasteiger charge is -2.24. The minimum absolute atomic E-state index is 0.0147. The summed E-state index contributed by atoms with van der Waals surface area (Å²) in [5.41, 5.74) is 5.66. The van der Waals surface area contributed by atoms with Crippen molar-refractivity contribution in [2.45, 2.75) is 113 Å². The fourth-order valence-electron chi connectivity index (χ4n) is 5.56. The van der Waals surface area contributed by atoms with E-state index in [0.29, 0.717) is 16.9 Å². The van der Waals surface area contributed by atoms with Crippen LogP contribution in [0.4, 0.5) is 26.7 Å². The standard InChI is InChI=1S/C27H36N2O5.C20H27NO6/c1-10-33-25(30)19(5)24(28-21-13-17(3)18(4)23(15-21)32-9)20-12-11-16(2)22(14-20)29-26(31)34-27(6,7)8;1-8-25-18(23)13(3)17(26-14(4)22)15-10-9-12(2)16(11-15)21-19(24)27-20(5,6)7/h11-15,24,28H,5,10H2,1-4,6-9H3,(H,29,31);9-11,17H,3,8H2,1-2,4-7H3,(H,21,24)/t24-;/m1./s1. The summed E-state index contributed by atoms with van der Waals surface area (Å²) in [5.74, 6) is -1.00. The highest BCUT2D eigenvalue weighted by molar-refractivity contribution is 5.91. The largest absolute Gasteiger partial charge is 0.496 e. The number of rotatable bonds is 14. The molecule has 3 aromatic carbocycles. The number of amides is 2. The third kappa shape index (κ3) is 16.3. The Labute approximate surface area is 360 Å². The van der Waals surface area contributed by atoms with Gasteiger partial charge in [0.1, 0.15) is 17.0 Å². The summed E-state index contributed by atoms with van der Waals surface area (Å²) in [5, 5.41) is 8.85. The van der Waals surface area contributed by atoms with Gasteiger partial charge >= 0.3 is 30.1 Å². The molecule has 14 nitrogen and oxygen atoms in total. The molecule has 2 amide bonds. The number of carbonyl (C=O) groups is 5. The van der Waals surface area contributed by atoms with Crippen LogP contribution in [0.15, 0.2) is 72.8 Å². The van der Waals surface area contributed by atoms with Gasteiger partial charge in [-0.3, -0.25) is 15.4 Å². The van der Waals surface area contributed by atoms with Crippen molar-refractivity contribution in [1.29, 1.82) is 0 Å². The zero-order valence-corrected chi connectivity index (χ0v) is 38.1. The van der Waals surface area contributed by atoms with Crippen molar-refractivity contribution in [3.05, 3.63) is 106 Å². The summed E-state index contributed by atoms with van der Waals surface area (Å²) in [6.45, 7) is 31.1. The molecule has 3 aromatic rings. The van der Waals surface area contributed by atoms with E-state index in [1.165, 1.54) is 6.92 Å². The van der Waals surface area contributed by atoms with E-state index < -0.39 is 53.4 Å². The van der Waals surface area contributed by atoms with E-state index in [1.807, 2.05) is 45.0 Å². The highest BCUT2D eigenvalue weighted by Crippen LogP contribution is 2.34. The van der Waals surface area contributed by atoms with Gasteiger partial charge in [-0.2, -0.15) is 0 Å². The van der Waals surface area contributed by atoms with Crippen molar-refractivity contribution in [3.63, 3.8) is 0 Å². The van der Waals surface area contributed by atoms with Crippen LogP contribution in [0.2, 0.25) is 0 Å². The molecule has 14 heteroatoms. The fraction of sp³-hybridized carbons (Fsp3) is 0.426. The Hall–Kier alpha value is -6.31. The molecule has 3 N–H and O–H groups in total. The maximum atomic E-state index is 12.6. The molecule has 0 saturated heterocycles. The average Bonchev–Trinajstić information content (AvgIpc) is 3.14. The zero-order valence-electron chi connectivity index (χ0n) is 38.1. The van der Waals surface area contributed by atoms with Crippen LogP contribution in [0.25, 0.3) is 0 Å². The molecule has 0 fully saturated rings. The van der Waals surface area contributed by atoms with Gasteiger partial charge in [-0.05, 0) is 135 Å². The summed E-state index contributed by atoms with van der Waals surface area (Å²) < 4.78 is 31.6. The first-order valence-electron chi connectivity index (χ1n) is 19.8. The molecule has 61 heavy (non-hydrogen) atoms. The Kier molecular flexibility index (Phi) is 18.6. The van der Waals surface area contributed by atoms with Crippen molar-refractivity contribution in [1.82, 2.24) is 0 Å². The molecule has 0 bridgehead atoms. The van der Waals surface area contributed by atoms with Crippen LogP contribution in [-0.4, -0.2) is 61.6 Å². The van der Waals surface area contributed by atoms with Crippen molar-refractivity contribution >= 4 is 47.2 Å². The van der Waals surface area contributed by atoms with E-state index in [9.17, 15) is 24.0 Å². The minimum atomic E-state index is -1.03. The first kappa shape index (κ1) is 50.8. The van der Waals surface area contributed by atoms with Crippen LogP contribution in [0, 0.1) is 27.7 Å². The number of nitrogens with one attached hydrogen (secondary N) is 3. The number of hydrogen-bond acceptors (Lipinski definition) is 12. The molecule has 332 valence electrons. The first-order chi connectivity index (χ1) is 28.3. The second kappa shape index (κ2) is 22.3. The number of methoxy groups -OCH3 is 1. The van der Waals surface area contributed by atoms with Crippen LogP contribution in [0.1, 0.15) is 108 Å². The van der Waals surface area contributed by atoms with E-state index >= 15 is 0 Å². The molecule has 2 atom stereocenters. The van der Waals surface area contributed by atoms with Gasteiger partial charge in [0, 0.05) is 30.1 Å². The number of aryl methyl sites for hydroxylation is 3. The summed E-state index contributed by atoms with van der Waals surface area (Å²) in [7, 11) is 1.62. The summed E-state index contributed by atoms with van der Waals surface area (Å²) in [4.78, 5) is 60.5. The maximum absolute atomic E-state index is 12.6. The van der Waals surface area contributed by atoms with Gasteiger partial charge in [0.25, 0.3) is 0 Å². The van der Waals surface area contributed by atoms with Crippen LogP contribution in [-0.2, 0) is 38.1 Å². The predicted molar refractivity (Wildman–Crippen MR) is 237 cm³/mol. The number of benzene rings is 3. The third-order valence-electron chi connectivity index (χ3n) is 8.61. The lowest BCUT2D eigenvalue weighted by Crippen LogP contribution is -2.27. The van der Waals surface area contributed by atoms with Gasteiger partial charge in [0.15, 0.2) is 6.10 Å². The molecule has 0 aliphatic rings. The van der Waals surface area contributed by atoms with Gasteiger partial charge in [0.05, 0.1) is 37.5 Å². The monoisotopic (exact) mass is 845 g/mol. The number of esters is 3. The van der Waals surface area contributed by atoms with E-state index in [0.717, 1.165) is 39.3 Å². The van der Waals surface area contributed by atoms with E-state index in [-0.39, 0.29) is 24.4 Å². The Morgan fingerprint density at radius 3 is 1.56 bits per heavy atom. The first-order valence-corrected chi connectivity index (χ1v) is 19.8.